The van der Waals surface area contributed by atoms with Gasteiger partial charge in [0.05, 0.1) is 11.7 Å². The normalized spacial score (nSPS) is 24.4. The average molecular weight is 343 g/mol. The third-order valence-electron chi connectivity index (χ3n) is 4.43. The zero-order chi connectivity index (χ0) is 14.0. The summed E-state index contributed by atoms with van der Waals surface area (Å²) in [4.78, 5) is 0. The molecule has 1 unspecified atom stereocenters. The van der Waals surface area contributed by atoms with Gasteiger partial charge in [0.1, 0.15) is 6.61 Å². The maximum Gasteiger partial charge on any atom is 0.165 e. The first-order valence-electron chi connectivity index (χ1n) is 7.36. The van der Waals surface area contributed by atoms with E-state index >= 15 is 0 Å². The van der Waals surface area contributed by atoms with Crippen molar-refractivity contribution in [2.75, 3.05) is 6.61 Å². The van der Waals surface area contributed by atoms with Crippen LogP contribution in [-0.2, 0) is 10.1 Å². The van der Waals surface area contributed by atoms with Crippen molar-refractivity contribution in [2.24, 2.45) is 0 Å². The second kappa shape index (κ2) is 6.02. The van der Waals surface area contributed by atoms with Gasteiger partial charge < -0.3 is 9.47 Å². The molecule has 1 heterocycles. The molecule has 1 atom stereocenters. The molecule has 0 N–H and O–H groups in total. The van der Waals surface area contributed by atoms with Crippen LogP contribution in [0.15, 0.2) is 18.2 Å². The molecule has 1 spiro atoms. The van der Waals surface area contributed by atoms with Gasteiger partial charge in [0.25, 0.3) is 0 Å². The molecule has 1 aromatic carbocycles. The smallest absolute Gasteiger partial charge is 0.165 e. The van der Waals surface area contributed by atoms with Gasteiger partial charge in [-0.1, -0.05) is 34.8 Å². The van der Waals surface area contributed by atoms with Crippen molar-refractivity contribution in [3.8, 4) is 5.75 Å². The fourth-order valence-corrected chi connectivity index (χ4v) is 3.68. The van der Waals surface area contributed by atoms with Gasteiger partial charge in [0, 0.05) is 5.33 Å². The molecule has 2 nitrogen and oxygen atoms in total. The largest absolute Gasteiger partial charge is 0.488 e. The minimum atomic E-state index is -0.296. The number of benzene rings is 1. The molecule has 0 aromatic heterocycles. The Morgan fingerprint density at radius 3 is 2.80 bits per heavy atom. The van der Waals surface area contributed by atoms with Gasteiger partial charge in [0.2, 0.25) is 0 Å². The summed E-state index contributed by atoms with van der Waals surface area (Å²) in [6, 6.07) is 5.09. The molecule has 1 saturated carbocycles. The monoisotopic (exact) mass is 342 g/mol. The van der Waals surface area contributed by atoms with Crippen molar-refractivity contribution in [1.82, 2.24) is 0 Å². The van der Waals surface area contributed by atoms with Gasteiger partial charge in [0.15, 0.2) is 11.6 Å². The lowest BCUT2D eigenvalue weighted by Gasteiger charge is -2.23. The Hall–Kier alpha value is -0.610. The minimum Gasteiger partial charge on any atom is -0.488 e. The molecule has 0 amide bonds. The Balaban J connectivity index is 1.55. The molecule has 110 valence electrons. The van der Waals surface area contributed by atoms with Crippen molar-refractivity contribution in [1.29, 1.82) is 0 Å². The Labute approximate surface area is 127 Å². The maximum atomic E-state index is 13.8. The Bertz CT molecular complexity index is 472. The van der Waals surface area contributed by atoms with Crippen molar-refractivity contribution < 1.29 is 13.9 Å². The van der Waals surface area contributed by atoms with Crippen LogP contribution in [0.3, 0.4) is 0 Å². The van der Waals surface area contributed by atoms with Crippen molar-refractivity contribution in [3.05, 3.63) is 29.6 Å². The Morgan fingerprint density at radius 2 is 2.10 bits per heavy atom. The van der Waals surface area contributed by atoms with Crippen LogP contribution in [0.1, 0.15) is 44.1 Å². The van der Waals surface area contributed by atoms with E-state index in [2.05, 4.69) is 15.9 Å². The van der Waals surface area contributed by atoms with Crippen LogP contribution < -0.4 is 4.74 Å². The van der Waals surface area contributed by atoms with Crippen LogP contribution in [-0.4, -0.2) is 18.3 Å². The number of alkyl halides is 1. The lowest BCUT2D eigenvalue weighted by molar-refractivity contribution is -0.0512. The zero-order valence-corrected chi connectivity index (χ0v) is 13.1. The molecule has 1 saturated heterocycles. The molecule has 3 rings (SSSR count). The minimum absolute atomic E-state index is 0.114. The lowest BCUT2D eigenvalue weighted by Crippen LogP contribution is -2.27. The van der Waals surface area contributed by atoms with E-state index < -0.39 is 0 Å². The van der Waals surface area contributed by atoms with E-state index in [0.717, 1.165) is 18.4 Å². The van der Waals surface area contributed by atoms with E-state index in [4.69, 9.17) is 9.47 Å². The SMILES string of the molecule is Fc1cc(CBr)ccc1OCC1CCC2(CCCC2)O1. The van der Waals surface area contributed by atoms with E-state index in [-0.39, 0.29) is 17.5 Å². The summed E-state index contributed by atoms with van der Waals surface area (Å²) in [5.41, 5.74) is 1.03. The molecule has 1 aliphatic carbocycles. The van der Waals surface area contributed by atoms with Crippen LogP contribution in [0.5, 0.6) is 5.75 Å². The maximum absolute atomic E-state index is 13.8. The first kappa shape index (κ1) is 14.3. The van der Waals surface area contributed by atoms with Gasteiger partial charge in [-0.05, 0) is 43.4 Å². The summed E-state index contributed by atoms with van der Waals surface area (Å²) in [5.74, 6) is 0.0289. The molecule has 0 radical (unpaired) electrons. The predicted octanol–water partition coefficient (Wildman–Crippen LogP) is 4.59. The summed E-state index contributed by atoms with van der Waals surface area (Å²) in [5, 5.41) is 0.651. The van der Waals surface area contributed by atoms with Crippen molar-refractivity contribution >= 4 is 15.9 Å². The molecule has 4 heteroatoms. The van der Waals surface area contributed by atoms with E-state index in [9.17, 15) is 4.39 Å². The van der Waals surface area contributed by atoms with Crippen LogP contribution in [0.25, 0.3) is 0 Å². The van der Waals surface area contributed by atoms with E-state index in [1.165, 1.54) is 31.7 Å². The molecular weight excluding hydrogens is 323 g/mol. The highest BCUT2D eigenvalue weighted by atomic mass is 79.9. The Kier molecular flexibility index (Phi) is 4.32. The molecule has 2 fully saturated rings. The van der Waals surface area contributed by atoms with Crippen molar-refractivity contribution in [3.63, 3.8) is 0 Å². The van der Waals surface area contributed by atoms with Gasteiger partial charge in [-0.25, -0.2) is 4.39 Å². The summed E-state index contributed by atoms with van der Waals surface area (Å²) in [6.07, 6.45) is 7.18. The van der Waals surface area contributed by atoms with E-state index in [1.54, 1.807) is 6.07 Å². The second-order valence-electron chi connectivity index (χ2n) is 5.88. The first-order chi connectivity index (χ1) is 9.71. The second-order valence-corrected chi connectivity index (χ2v) is 6.44. The fraction of sp³-hybridized carbons (Fsp3) is 0.625. The number of halogens is 2. The highest BCUT2D eigenvalue weighted by Crippen LogP contribution is 2.43. The summed E-state index contributed by atoms with van der Waals surface area (Å²) in [7, 11) is 0. The molecule has 1 aromatic rings. The number of hydrogen-bond donors (Lipinski definition) is 0. The van der Waals surface area contributed by atoms with Crippen molar-refractivity contribution in [2.45, 2.75) is 55.6 Å². The first-order valence-corrected chi connectivity index (χ1v) is 8.48. The van der Waals surface area contributed by atoms with Crippen LogP contribution in [0, 0.1) is 5.82 Å². The van der Waals surface area contributed by atoms with Gasteiger partial charge in [-0.2, -0.15) is 0 Å². The predicted molar refractivity (Wildman–Crippen MR) is 79.8 cm³/mol. The van der Waals surface area contributed by atoms with E-state index in [0.29, 0.717) is 17.7 Å². The molecular formula is C16H20BrFO2. The topological polar surface area (TPSA) is 18.5 Å². The van der Waals surface area contributed by atoms with Gasteiger partial charge in [-0.3, -0.25) is 0 Å². The molecule has 20 heavy (non-hydrogen) atoms. The number of ether oxygens (including phenoxy) is 2. The summed E-state index contributed by atoms with van der Waals surface area (Å²) < 4.78 is 25.6. The van der Waals surface area contributed by atoms with Crippen LogP contribution >= 0.6 is 15.9 Å². The highest BCUT2D eigenvalue weighted by molar-refractivity contribution is 9.08. The van der Waals surface area contributed by atoms with Gasteiger partial charge >= 0.3 is 0 Å². The summed E-state index contributed by atoms with van der Waals surface area (Å²) in [6.45, 7) is 0.451. The third kappa shape index (κ3) is 3.01. The van der Waals surface area contributed by atoms with Crippen LogP contribution in [0.2, 0.25) is 0 Å². The fourth-order valence-electron chi connectivity index (χ4n) is 3.33. The molecule has 1 aliphatic heterocycles. The van der Waals surface area contributed by atoms with Crippen LogP contribution in [0.4, 0.5) is 4.39 Å². The quantitative estimate of drug-likeness (QED) is 0.745. The zero-order valence-electron chi connectivity index (χ0n) is 11.5. The van der Waals surface area contributed by atoms with Gasteiger partial charge in [-0.15, -0.1) is 0 Å². The highest BCUT2D eigenvalue weighted by Gasteiger charge is 2.42. The average Bonchev–Trinajstić information content (AvgIpc) is 3.08. The molecule has 2 aliphatic rings. The third-order valence-corrected chi connectivity index (χ3v) is 5.08. The van der Waals surface area contributed by atoms with E-state index in [1.807, 2.05) is 6.07 Å². The number of hydrogen-bond acceptors (Lipinski definition) is 2. The standard InChI is InChI=1S/C16H20BrFO2/c17-10-12-3-4-15(14(18)9-12)19-11-13-5-8-16(20-13)6-1-2-7-16/h3-4,9,13H,1-2,5-8,10-11H2. The Morgan fingerprint density at radius 1 is 1.30 bits per heavy atom. The molecule has 0 bridgehead atoms. The lowest BCUT2D eigenvalue weighted by atomic mass is 9.98. The summed E-state index contributed by atoms with van der Waals surface area (Å²) >= 11 is 3.32. The number of rotatable bonds is 4.